The van der Waals surface area contributed by atoms with Crippen molar-refractivity contribution in [2.45, 2.75) is 70.6 Å². The number of aliphatic hydroxyl groups excluding tert-OH is 1. The van der Waals surface area contributed by atoms with Gasteiger partial charge in [-0.2, -0.15) is 0 Å². The van der Waals surface area contributed by atoms with Gasteiger partial charge >= 0.3 is 17.9 Å². The Bertz CT molecular complexity index is 1590. The molecule has 1 saturated heterocycles. The largest absolute Gasteiger partial charge is 0.493 e. The lowest BCUT2D eigenvalue weighted by molar-refractivity contribution is -0.165. The quantitative estimate of drug-likeness (QED) is 0.124. The number of methoxy groups -OCH3 is 2. The number of esters is 2. The number of piperidine rings is 1. The summed E-state index contributed by atoms with van der Waals surface area (Å²) in [7, 11) is 3.03. The molecule has 3 atom stereocenters. The minimum absolute atomic E-state index is 0.146. The summed E-state index contributed by atoms with van der Waals surface area (Å²) in [4.78, 5) is 76.9. The van der Waals surface area contributed by atoms with E-state index < -0.39 is 65.6 Å². The monoisotopic (exact) mass is 696 g/mol. The van der Waals surface area contributed by atoms with E-state index in [1.165, 1.54) is 33.0 Å². The van der Waals surface area contributed by atoms with Crippen molar-refractivity contribution in [2.75, 3.05) is 32.7 Å². The highest BCUT2D eigenvalue weighted by Gasteiger charge is 2.42. The van der Waals surface area contributed by atoms with Crippen molar-refractivity contribution in [3.8, 4) is 11.5 Å². The predicted molar refractivity (Wildman–Crippen MR) is 179 cm³/mol. The van der Waals surface area contributed by atoms with Gasteiger partial charge in [-0.25, -0.2) is 14.4 Å². The average molecular weight is 697 g/mol. The molecule has 3 N–H and O–H groups in total. The van der Waals surface area contributed by atoms with Gasteiger partial charge in [0.25, 0.3) is 5.91 Å². The molecule has 0 aromatic heterocycles. The van der Waals surface area contributed by atoms with E-state index in [9.17, 15) is 33.9 Å². The Balaban J connectivity index is 1.87. The van der Waals surface area contributed by atoms with E-state index in [1.54, 1.807) is 36.4 Å². The molecular weight excluding hydrogens is 652 g/mol. The summed E-state index contributed by atoms with van der Waals surface area (Å²) < 4.78 is 21.9. The molecule has 0 spiro atoms. The maximum Gasteiger partial charge on any atom is 0.333 e. The normalized spacial score (nSPS) is 15.5. The molecule has 0 aliphatic carbocycles. The zero-order chi connectivity index (χ0) is 37.0. The molecule has 2 amide bonds. The summed E-state index contributed by atoms with van der Waals surface area (Å²) in [5.74, 6) is -4.40. The van der Waals surface area contributed by atoms with Crippen LogP contribution in [0.25, 0.3) is 0 Å². The van der Waals surface area contributed by atoms with Gasteiger partial charge in [-0.3, -0.25) is 14.4 Å². The molecule has 14 heteroatoms. The molecule has 2 aromatic carbocycles. The number of aliphatic hydroxyl groups is 1. The smallest absolute Gasteiger partial charge is 0.333 e. The van der Waals surface area contributed by atoms with Crippen LogP contribution < -0.4 is 14.8 Å². The molecule has 0 saturated carbocycles. The van der Waals surface area contributed by atoms with Gasteiger partial charge < -0.3 is 39.4 Å². The zero-order valence-corrected chi connectivity index (χ0v) is 28.6. The third kappa shape index (κ3) is 10.6. The van der Waals surface area contributed by atoms with Gasteiger partial charge in [0, 0.05) is 18.3 Å². The van der Waals surface area contributed by atoms with Crippen LogP contribution in [0.15, 0.2) is 55.1 Å². The lowest BCUT2D eigenvalue weighted by Gasteiger charge is -2.36. The van der Waals surface area contributed by atoms with Crippen molar-refractivity contribution < 1.29 is 57.9 Å². The Kier molecular flexibility index (Phi) is 14.1. The van der Waals surface area contributed by atoms with Crippen molar-refractivity contribution in [3.05, 3.63) is 66.2 Å². The number of amides is 2. The van der Waals surface area contributed by atoms with Crippen LogP contribution in [0.1, 0.15) is 63.2 Å². The highest BCUT2D eigenvalue weighted by molar-refractivity contribution is 6.38. The zero-order valence-electron chi connectivity index (χ0n) is 28.6. The minimum Gasteiger partial charge on any atom is -0.493 e. The number of ether oxygens (including phenoxy) is 4. The first-order valence-corrected chi connectivity index (χ1v) is 16.1. The maximum atomic E-state index is 13.9. The van der Waals surface area contributed by atoms with Crippen molar-refractivity contribution in [2.24, 2.45) is 5.41 Å². The number of hydrogen-bond donors (Lipinski definition) is 3. The number of ketones is 1. The van der Waals surface area contributed by atoms with E-state index in [4.69, 9.17) is 24.1 Å². The van der Waals surface area contributed by atoms with Crippen LogP contribution in [-0.2, 0) is 44.7 Å². The molecule has 14 nitrogen and oxygen atoms in total. The second-order valence-electron chi connectivity index (χ2n) is 12.4. The van der Waals surface area contributed by atoms with Crippen LogP contribution in [0, 0.1) is 5.41 Å². The number of carbonyl (C=O) groups is 6. The second-order valence-corrected chi connectivity index (χ2v) is 12.4. The topological polar surface area (TPSA) is 195 Å². The van der Waals surface area contributed by atoms with Gasteiger partial charge in [0.15, 0.2) is 17.6 Å². The second kappa shape index (κ2) is 18.0. The Hall–Kier alpha value is -5.24. The number of carboxylic acids is 1. The lowest BCUT2D eigenvalue weighted by atomic mass is 9.87. The van der Waals surface area contributed by atoms with Gasteiger partial charge in [-0.1, -0.05) is 24.8 Å². The first-order chi connectivity index (χ1) is 23.7. The number of carbonyl (C=O) groups excluding carboxylic acids is 5. The number of carboxylic acid groups (broad SMARTS) is 1. The van der Waals surface area contributed by atoms with Crippen molar-refractivity contribution in [1.82, 2.24) is 4.90 Å². The number of hydrogen-bond acceptors (Lipinski definition) is 11. The highest BCUT2D eigenvalue weighted by atomic mass is 16.5. The van der Waals surface area contributed by atoms with Gasteiger partial charge in [-0.05, 0) is 81.3 Å². The number of rotatable bonds is 17. The van der Waals surface area contributed by atoms with Crippen LogP contribution in [-0.4, -0.2) is 90.1 Å². The van der Waals surface area contributed by atoms with Crippen LogP contribution in [0.5, 0.6) is 11.5 Å². The lowest BCUT2D eigenvalue weighted by Crippen LogP contribution is -2.53. The summed E-state index contributed by atoms with van der Waals surface area (Å²) in [5.41, 5.74) is 0.243. The van der Waals surface area contributed by atoms with Crippen LogP contribution in [0.2, 0.25) is 0 Å². The predicted octanol–water partition coefficient (Wildman–Crippen LogP) is 3.40. The molecule has 2 aromatic rings. The molecule has 1 aliphatic heterocycles. The third-order valence-corrected chi connectivity index (χ3v) is 8.19. The number of anilines is 1. The molecule has 3 rings (SSSR count). The molecule has 50 heavy (non-hydrogen) atoms. The Morgan fingerprint density at radius 1 is 1.04 bits per heavy atom. The summed E-state index contributed by atoms with van der Waals surface area (Å²) >= 11 is 0. The van der Waals surface area contributed by atoms with E-state index in [2.05, 4.69) is 11.9 Å². The fraction of sp³-hybridized carbons (Fsp3) is 0.444. The van der Waals surface area contributed by atoms with E-state index in [0.29, 0.717) is 36.3 Å². The van der Waals surface area contributed by atoms with Crippen molar-refractivity contribution in [1.29, 1.82) is 0 Å². The maximum absolute atomic E-state index is 13.9. The Morgan fingerprint density at radius 2 is 1.76 bits per heavy atom. The molecule has 1 aliphatic rings. The number of nitrogens with zero attached hydrogens (tertiary/aromatic N) is 1. The first kappa shape index (κ1) is 39.2. The molecular formula is C36H44N2O12. The number of aliphatic carboxylic acids is 1. The average Bonchev–Trinajstić information content (AvgIpc) is 3.11. The fourth-order valence-corrected chi connectivity index (χ4v) is 5.35. The number of Topliss-reactive ketones (excluding diaryl/α,β-unsaturated/α-hetero) is 1. The van der Waals surface area contributed by atoms with E-state index in [-0.39, 0.29) is 31.7 Å². The van der Waals surface area contributed by atoms with E-state index >= 15 is 0 Å². The summed E-state index contributed by atoms with van der Waals surface area (Å²) in [5, 5.41) is 21.1. The summed E-state index contributed by atoms with van der Waals surface area (Å²) in [6.07, 6.45) is -0.387. The molecule has 1 fully saturated rings. The van der Waals surface area contributed by atoms with Gasteiger partial charge in [-0.15, -0.1) is 0 Å². The van der Waals surface area contributed by atoms with Crippen LogP contribution in [0.3, 0.4) is 0 Å². The Labute approximate surface area is 290 Å². The number of benzene rings is 2. The van der Waals surface area contributed by atoms with Gasteiger partial charge in [0.2, 0.25) is 11.7 Å². The van der Waals surface area contributed by atoms with Crippen LogP contribution >= 0.6 is 0 Å². The molecule has 0 unspecified atom stereocenters. The molecule has 270 valence electrons. The highest BCUT2D eigenvalue weighted by Crippen LogP contribution is 2.32. The van der Waals surface area contributed by atoms with Crippen LogP contribution in [0.4, 0.5) is 5.69 Å². The van der Waals surface area contributed by atoms with Gasteiger partial charge in [0.1, 0.15) is 18.8 Å². The van der Waals surface area contributed by atoms with Gasteiger partial charge in [0.05, 0.1) is 26.1 Å². The Morgan fingerprint density at radius 3 is 2.42 bits per heavy atom. The number of nitrogens with one attached hydrogen (secondary N) is 1. The molecule has 0 bridgehead atoms. The number of aryl methyl sites for hydroxylation is 1. The third-order valence-electron chi connectivity index (χ3n) is 8.19. The van der Waals surface area contributed by atoms with Crippen molar-refractivity contribution in [3.63, 3.8) is 0 Å². The fourth-order valence-electron chi connectivity index (χ4n) is 5.35. The van der Waals surface area contributed by atoms with E-state index in [1.807, 2.05) is 6.07 Å². The van der Waals surface area contributed by atoms with E-state index in [0.717, 1.165) is 11.6 Å². The molecule has 0 radical (unpaired) electrons. The summed E-state index contributed by atoms with van der Waals surface area (Å²) in [6.45, 7) is 6.06. The minimum atomic E-state index is -1.88. The summed E-state index contributed by atoms with van der Waals surface area (Å²) in [6, 6.07) is 10.8. The molecule has 1 heterocycles. The SMILES string of the molecule is C=CC(=O)OCC(C)(C)C(=O)C(=O)N1CCCC[C@H]1C(=O)O[C@H](CCc1ccc(OC)c(OC)c1)c1cccc(NC(=O)C[C@H](O)C(=O)O)c1. The van der Waals surface area contributed by atoms with Crippen molar-refractivity contribution >= 4 is 41.2 Å². The standard InChI is InChI=1S/C36H44N2O12/c1-6-31(41)49-21-36(2,3)32(42)33(43)38-17-8-7-12-25(38)35(46)50-27(15-13-22-14-16-28(47-4)29(18-22)48-5)23-10-9-11-24(19-23)37-30(40)20-26(39)34(44)45/h6,9-11,14,16,18-19,25-27,39H,1,7-8,12-13,15,17,20-21H2,2-5H3,(H,37,40)(H,44,45)/t25-,26-,27+/m0/s1. The first-order valence-electron chi connectivity index (χ1n) is 16.1. The number of likely N-dealkylation sites (tertiary alicyclic amines) is 1.